The lowest BCUT2D eigenvalue weighted by atomic mass is 9.99. The third kappa shape index (κ3) is 1.86. The first-order chi connectivity index (χ1) is 8.90. The van der Waals surface area contributed by atoms with Crippen LogP contribution in [0.2, 0.25) is 0 Å². The highest BCUT2D eigenvalue weighted by atomic mass is 32.1. The summed E-state index contributed by atoms with van der Waals surface area (Å²) in [6.07, 6.45) is 0. The lowest BCUT2D eigenvalue weighted by Crippen LogP contribution is -1.86. The van der Waals surface area contributed by atoms with Gasteiger partial charge in [-0.15, -0.1) is 22.7 Å². The Morgan fingerprint density at radius 3 is 2.17 bits per heavy atom. The zero-order valence-corrected chi connectivity index (χ0v) is 11.1. The molecule has 3 aromatic rings. The highest BCUT2D eigenvalue weighted by Crippen LogP contribution is 2.38. The molecule has 1 nitrogen and oxygen atoms in total. The maximum atomic E-state index is 9.30. The number of hydrogen-bond acceptors (Lipinski definition) is 3. The Hall–Kier alpha value is -1.89. The number of nitriles is 1. The van der Waals surface area contributed by atoms with Crippen LogP contribution in [0.25, 0.3) is 20.9 Å². The molecule has 0 amide bonds. The molecule has 0 aliphatic heterocycles. The van der Waals surface area contributed by atoms with Crippen LogP contribution >= 0.6 is 22.7 Å². The molecule has 0 N–H and O–H groups in total. The Bertz CT molecular complexity index is 689. The molecule has 2 aromatic heterocycles. The normalized spacial score (nSPS) is 10.2. The third-order valence-corrected chi connectivity index (χ3v) is 4.53. The molecule has 0 bridgehead atoms. The van der Waals surface area contributed by atoms with Gasteiger partial charge in [-0.1, -0.05) is 24.3 Å². The molecular weight excluding hydrogens is 258 g/mol. The van der Waals surface area contributed by atoms with E-state index in [9.17, 15) is 5.26 Å². The van der Waals surface area contributed by atoms with Crippen molar-refractivity contribution in [1.29, 1.82) is 5.26 Å². The predicted octanol–water partition coefficient (Wildman–Crippen LogP) is 5.02. The van der Waals surface area contributed by atoms with Gasteiger partial charge in [0.1, 0.15) is 0 Å². The number of nitrogens with zero attached hydrogens (tertiary/aromatic N) is 1. The van der Waals surface area contributed by atoms with Gasteiger partial charge >= 0.3 is 0 Å². The van der Waals surface area contributed by atoms with Crippen LogP contribution in [0.3, 0.4) is 0 Å². The van der Waals surface area contributed by atoms with Crippen LogP contribution in [0.5, 0.6) is 0 Å². The van der Waals surface area contributed by atoms with Gasteiger partial charge in [0.25, 0.3) is 0 Å². The zero-order valence-electron chi connectivity index (χ0n) is 9.46. The van der Waals surface area contributed by atoms with Crippen LogP contribution in [0.4, 0.5) is 0 Å². The number of rotatable bonds is 2. The summed E-state index contributed by atoms with van der Waals surface area (Å²) in [6, 6.07) is 16.4. The van der Waals surface area contributed by atoms with Crippen molar-refractivity contribution in [2.75, 3.05) is 0 Å². The second kappa shape index (κ2) is 4.77. The van der Waals surface area contributed by atoms with Gasteiger partial charge in [0.05, 0.1) is 11.6 Å². The van der Waals surface area contributed by atoms with Gasteiger partial charge in [-0.05, 0) is 29.0 Å². The molecule has 2 heterocycles. The Labute approximate surface area is 114 Å². The van der Waals surface area contributed by atoms with Crippen LogP contribution in [0.1, 0.15) is 5.56 Å². The number of hydrogen-bond donors (Lipinski definition) is 0. The molecule has 0 fully saturated rings. The first kappa shape index (κ1) is 11.2. The maximum absolute atomic E-state index is 9.30. The first-order valence-electron chi connectivity index (χ1n) is 5.51. The van der Waals surface area contributed by atoms with E-state index < -0.39 is 0 Å². The molecule has 0 aliphatic carbocycles. The average molecular weight is 267 g/mol. The van der Waals surface area contributed by atoms with Gasteiger partial charge in [0.2, 0.25) is 0 Å². The zero-order chi connectivity index (χ0) is 12.4. The van der Waals surface area contributed by atoms with E-state index in [4.69, 9.17) is 0 Å². The fourth-order valence-electron chi connectivity index (χ4n) is 1.97. The molecule has 1 aromatic carbocycles. The van der Waals surface area contributed by atoms with Crippen molar-refractivity contribution in [3.8, 4) is 27.0 Å². The number of thiophene rings is 2. The van der Waals surface area contributed by atoms with Crippen molar-refractivity contribution in [2.24, 2.45) is 0 Å². The summed E-state index contributed by atoms with van der Waals surface area (Å²) in [6.45, 7) is 0. The predicted molar refractivity (Wildman–Crippen MR) is 77.8 cm³/mol. The van der Waals surface area contributed by atoms with Gasteiger partial charge < -0.3 is 0 Å². The molecule has 3 heteroatoms. The molecule has 18 heavy (non-hydrogen) atoms. The van der Waals surface area contributed by atoms with Gasteiger partial charge in [0.15, 0.2) is 0 Å². The SMILES string of the molecule is N#Cc1cccc(-c2cccs2)c1-c1cccs1. The largest absolute Gasteiger partial charge is 0.192 e. The summed E-state index contributed by atoms with van der Waals surface area (Å²) in [7, 11) is 0. The standard InChI is InChI=1S/C15H9NS2/c16-10-11-4-1-5-12(13-6-2-8-17-13)15(11)14-7-3-9-18-14/h1-9H. The van der Waals surface area contributed by atoms with Crippen molar-refractivity contribution >= 4 is 22.7 Å². The van der Waals surface area contributed by atoms with Crippen molar-refractivity contribution in [2.45, 2.75) is 0 Å². The van der Waals surface area contributed by atoms with E-state index in [-0.39, 0.29) is 0 Å². The summed E-state index contributed by atoms with van der Waals surface area (Å²) < 4.78 is 0. The lowest BCUT2D eigenvalue weighted by Gasteiger charge is -2.08. The topological polar surface area (TPSA) is 23.8 Å². The smallest absolute Gasteiger partial charge is 0.0998 e. The van der Waals surface area contributed by atoms with Crippen molar-refractivity contribution in [1.82, 2.24) is 0 Å². The number of benzene rings is 1. The molecule has 0 atom stereocenters. The molecule has 0 saturated carbocycles. The molecule has 0 saturated heterocycles. The summed E-state index contributed by atoms with van der Waals surface area (Å²) in [5.74, 6) is 0. The Kier molecular flexibility index (Phi) is 2.97. The second-order valence-corrected chi connectivity index (χ2v) is 5.69. The molecule has 0 aliphatic rings. The summed E-state index contributed by atoms with van der Waals surface area (Å²) in [4.78, 5) is 2.35. The van der Waals surface area contributed by atoms with Crippen LogP contribution in [0, 0.1) is 11.3 Å². The highest BCUT2D eigenvalue weighted by molar-refractivity contribution is 7.14. The van der Waals surface area contributed by atoms with Crippen LogP contribution < -0.4 is 0 Å². The molecule has 0 spiro atoms. The van der Waals surface area contributed by atoms with Crippen LogP contribution in [-0.2, 0) is 0 Å². The van der Waals surface area contributed by atoms with E-state index in [1.165, 1.54) is 4.88 Å². The van der Waals surface area contributed by atoms with E-state index in [1.807, 2.05) is 29.6 Å². The van der Waals surface area contributed by atoms with Gasteiger partial charge in [-0.25, -0.2) is 0 Å². The van der Waals surface area contributed by atoms with Gasteiger partial charge in [-0.2, -0.15) is 5.26 Å². The van der Waals surface area contributed by atoms with Crippen molar-refractivity contribution < 1.29 is 0 Å². The quantitative estimate of drug-likeness (QED) is 0.640. The molecule has 0 radical (unpaired) electrons. The van der Waals surface area contributed by atoms with Crippen LogP contribution in [-0.4, -0.2) is 0 Å². The van der Waals surface area contributed by atoms with Crippen LogP contribution in [0.15, 0.2) is 53.2 Å². The minimum atomic E-state index is 0.739. The van der Waals surface area contributed by atoms with E-state index in [1.54, 1.807) is 22.7 Å². The Balaban J connectivity index is 2.30. The first-order valence-corrected chi connectivity index (χ1v) is 7.27. The fraction of sp³-hybridized carbons (Fsp3) is 0. The van der Waals surface area contributed by atoms with E-state index in [0.29, 0.717) is 0 Å². The molecule has 3 rings (SSSR count). The maximum Gasteiger partial charge on any atom is 0.0998 e. The molecule has 86 valence electrons. The fourth-order valence-corrected chi connectivity index (χ4v) is 3.53. The van der Waals surface area contributed by atoms with Gasteiger partial charge in [-0.3, -0.25) is 0 Å². The summed E-state index contributed by atoms with van der Waals surface area (Å²) in [5.41, 5.74) is 2.94. The highest BCUT2D eigenvalue weighted by Gasteiger charge is 2.13. The lowest BCUT2D eigenvalue weighted by molar-refractivity contribution is 1.49. The molecule has 0 unspecified atom stereocenters. The minimum Gasteiger partial charge on any atom is -0.192 e. The second-order valence-electron chi connectivity index (χ2n) is 3.79. The van der Waals surface area contributed by atoms with E-state index >= 15 is 0 Å². The van der Waals surface area contributed by atoms with Crippen molar-refractivity contribution in [3.63, 3.8) is 0 Å². The third-order valence-electron chi connectivity index (χ3n) is 2.74. The Morgan fingerprint density at radius 2 is 1.56 bits per heavy atom. The minimum absolute atomic E-state index is 0.739. The van der Waals surface area contributed by atoms with E-state index in [2.05, 4.69) is 29.6 Å². The van der Waals surface area contributed by atoms with E-state index in [0.717, 1.165) is 21.6 Å². The monoisotopic (exact) mass is 267 g/mol. The Morgan fingerprint density at radius 1 is 0.833 bits per heavy atom. The summed E-state index contributed by atoms with van der Waals surface area (Å²) >= 11 is 3.37. The summed E-state index contributed by atoms with van der Waals surface area (Å²) in [5, 5.41) is 13.4. The molecular formula is C15H9NS2. The van der Waals surface area contributed by atoms with Gasteiger partial charge in [0, 0.05) is 20.9 Å². The average Bonchev–Trinajstić information content (AvgIpc) is 3.10. The van der Waals surface area contributed by atoms with Crippen molar-refractivity contribution in [3.05, 3.63) is 58.8 Å².